The van der Waals surface area contributed by atoms with Gasteiger partial charge in [0.05, 0.1) is 0 Å². The van der Waals surface area contributed by atoms with Gasteiger partial charge >= 0.3 is 0 Å². The number of hydrogen-bond donors (Lipinski definition) is 0. The SMILES string of the molecule is CCCCCC(C)C(CC)C(CC)C(C)C. The van der Waals surface area contributed by atoms with Gasteiger partial charge in [0, 0.05) is 0 Å². The van der Waals surface area contributed by atoms with Crippen LogP contribution in [0.5, 0.6) is 0 Å². The van der Waals surface area contributed by atoms with Crippen LogP contribution in [0.15, 0.2) is 0 Å². The van der Waals surface area contributed by atoms with Gasteiger partial charge in [-0.1, -0.05) is 80.1 Å². The molecule has 0 aliphatic rings. The van der Waals surface area contributed by atoms with E-state index in [0.717, 1.165) is 23.7 Å². The van der Waals surface area contributed by atoms with Crippen LogP contribution in [0.2, 0.25) is 0 Å². The first-order valence-corrected chi connectivity index (χ1v) is 7.58. The van der Waals surface area contributed by atoms with E-state index in [9.17, 15) is 0 Å². The van der Waals surface area contributed by atoms with Crippen LogP contribution in [0.3, 0.4) is 0 Å². The third kappa shape index (κ3) is 5.37. The molecule has 0 heterocycles. The molecule has 0 aromatic carbocycles. The molecule has 0 aliphatic carbocycles. The summed E-state index contributed by atoms with van der Waals surface area (Å²) in [6.07, 6.45) is 8.36. The minimum Gasteiger partial charge on any atom is -0.0654 e. The second-order valence-corrected chi connectivity index (χ2v) is 5.86. The highest BCUT2D eigenvalue weighted by atomic mass is 14.3. The first kappa shape index (κ1) is 16.0. The van der Waals surface area contributed by atoms with Gasteiger partial charge in [-0.05, 0) is 23.7 Å². The van der Waals surface area contributed by atoms with Crippen molar-refractivity contribution in [1.29, 1.82) is 0 Å². The van der Waals surface area contributed by atoms with Crippen molar-refractivity contribution in [2.24, 2.45) is 23.7 Å². The Morgan fingerprint density at radius 1 is 0.750 bits per heavy atom. The molecule has 0 saturated carbocycles. The summed E-state index contributed by atoms with van der Waals surface area (Å²) in [6.45, 7) is 14.3. The summed E-state index contributed by atoms with van der Waals surface area (Å²) in [5, 5.41) is 0. The molecule has 3 unspecified atom stereocenters. The van der Waals surface area contributed by atoms with E-state index < -0.39 is 0 Å². The van der Waals surface area contributed by atoms with Crippen LogP contribution in [0.1, 0.15) is 80.1 Å². The maximum atomic E-state index is 2.48. The lowest BCUT2D eigenvalue weighted by molar-refractivity contribution is 0.166. The summed E-state index contributed by atoms with van der Waals surface area (Å²) >= 11 is 0. The Morgan fingerprint density at radius 3 is 1.69 bits per heavy atom. The van der Waals surface area contributed by atoms with Gasteiger partial charge in [0.15, 0.2) is 0 Å². The van der Waals surface area contributed by atoms with Crippen molar-refractivity contribution in [2.45, 2.75) is 80.1 Å². The fourth-order valence-electron chi connectivity index (χ4n) is 3.33. The zero-order valence-electron chi connectivity index (χ0n) is 12.6. The van der Waals surface area contributed by atoms with Crippen molar-refractivity contribution in [1.82, 2.24) is 0 Å². The van der Waals surface area contributed by atoms with E-state index in [1.807, 2.05) is 0 Å². The van der Waals surface area contributed by atoms with Crippen LogP contribution in [0, 0.1) is 23.7 Å². The lowest BCUT2D eigenvalue weighted by Gasteiger charge is -2.33. The third-order valence-electron chi connectivity index (χ3n) is 4.34. The third-order valence-corrected chi connectivity index (χ3v) is 4.34. The molecule has 3 atom stereocenters. The number of rotatable bonds is 9. The molecule has 0 saturated heterocycles. The molecule has 0 aromatic heterocycles. The second-order valence-electron chi connectivity index (χ2n) is 5.86. The predicted octanol–water partition coefficient (Wildman–Crippen LogP) is 5.91. The Labute approximate surface area is 104 Å². The van der Waals surface area contributed by atoms with Crippen LogP contribution < -0.4 is 0 Å². The van der Waals surface area contributed by atoms with Gasteiger partial charge in [0.25, 0.3) is 0 Å². The average molecular weight is 226 g/mol. The Hall–Kier alpha value is 0. The molecule has 16 heavy (non-hydrogen) atoms. The maximum absolute atomic E-state index is 2.48. The van der Waals surface area contributed by atoms with Crippen LogP contribution in [-0.2, 0) is 0 Å². The minimum absolute atomic E-state index is 0.851. The van der Waals surface area contributed by atoms with Crippen molar-refractivity contribution in [3.63, 3.8) is 0 Å². The molecule has 0 rings (SSSR count). The normalized spacial score (nSPS) is 17.4. The molecule has 0 N–H and O–H groups in total. The van der Waals surface area contributed by atoms with Crippen LogP contribution in [0.25, 0.3) is 0 Å². The summed E-state index contributed by atoms with van der Waals surface area (Å²) in [4.78, 5) is 0. The zero-order chi connectivity index (χ0) is 12.6. The predicted molar refractivity (Wildman–Crippen MR) is 75.7 cm³/mol. The highest BCUT2D eigenvalue weighted by molar-refractivity contribution is 4.75. The number of unbranched alkanes of at least 4 members (excludes halogenated alkanes) is 2. The highest BCUT2D eigenvalue weighted by Gasteiger charge is 2.25. The molecule has 0 nitrogen and oxygen atoms in total. The summed E-state index contributed by atoms with van der Waals surface area (Å²) in [5.74, 6) is 3.65. The fourth-order valence-corrected chi connectivity index (χ4v) is 3.33. The van der Waals surface area contributed by atoms with E-state index in [4.69, 9.17) is 0 Å². The van der Waals surface area contributed by atoms with Crippen molar-refractivity contribution < 1.29 is 0 Å². The van der Waals surface area contributed by atoms with Crippen molar-refractivity contribution >= 4 is 0 Å². The molecular weight excluding hydrogens is 192 g/mol. The first-order chi connectivity index (χ1) is 7.58. The standard InChI is InChI=1S/C16H34/c1-7-10-11-12-14(6)16(9-3)15(8-2)13(4)5/h13-16H,7-12H2,1-6H3. The number of hydrogen-bond acceptors (Lipinski definition) is 0. The molecule has 0 bridgehead atoms. The van der Waals surface area contributed by atoms with E-state index in [2.05, 4.69) is 41.5 Å². The van der Waals surface area contributed by atoms with E-state index in [1.165, 1.54) is 38.5 Å². The van der Waals surface area contributed by atoms with Crippen molar-refractivity contribution in [2.75, 3.05) is 0 Å². The van der Waals surface area contributed by atoms with Gasteiger partial charge in [-0.2, -0.15) is 0 Å². The highest BCUT2D eigenvalue weighted by Crippen LogP contribution is 2.34. The van der Waals surface area contributed by atoms with E-state index in [1.54, 1.807) is 0 Å². The van der Waals surface area contributed by atoms with Gasteiger partial charge in [0.1, 0.15) is 0 Å². The fraction of sp³-hybridized carbons (Fsp3) is 1.00. The molecular formula is C16H34. The van der Waals surface area contributed by atoms with Gasteiger partial charge in [-0.15, -0.1) is 0 Å². The summed E-state index contributed by atoms with van der Waals surface area (Å²) in [6, 6.07) is 0. The second kappa shape index (κ2) is 9.07. The van der Waals surface area contributed by atoms with Crippen molar-refractivity contribution in [3.05, 3.63) is 0 Å². The summed E-state index contributed by atoms with van der Waals surface area (Å²) < 4.78 is 0. The largest absolute Gasteiger partial charge is 0.0654 e. The van der Waals surface area contributed by atoms with Gasteiger partial charge in [-0.3, -0.25) is 0 Å². The maximum Gasteiger partial charge on any atom is -0.0360 e. The smallest absolute Gasteiger partial charge is 0.0360 e. The van der Waals surface area contributed by atoms with E-state index >= 15 is 0 Å². The molecule has 0 radical (unpaired) electrons. The molecule has 0 fully saturated rings. The van der Waals surface area contributed by atoms with Crippen molar-refractivity contribution in [3.8, 4) is 0 Å². The Kier molecular flexibility index (Phi) is 9.07. The molecule has 0 heteroatoms. The lowest BCUT2D eigenvalue weighted by atomic mass is 9.72. The molecule has 0 aliphatic heterocycles. The minimum atomic E-state index is 0.851. The summed E-state index contributed by atoms with van der Waals surface area (Å²) in [7, 11) is 0. The molecule has 98 valence electrons. The van der Waals surface area contributed by atoms with Gasteiger partial charge < -0.3 is 0 Å². The summed E-state index contributed by atoms with van der Waals surface area (Å²) in [5.41, 5.74) is 0. The first-order valence-electron chi connectivity index (χ1n) is 7.58. The van der Waals surface area contributed by atoms with Crippen LogP contribution in [0.4, 0.5) is 0 Å². The molecule has 0 amide bonds. The molecule has 0 spiro atoms. The van der Waals surface area contributed by atoms with Crippen LogP contribution >= 0.6 is 0 Å². The van der Waals surface area contributed by atoms with E-state index in [0.29, 0.717) is 0 Å². The zero-order valence-corrected chi connectivity index (χ0v) is 12.6. The Bertz CT molecular complexity index is 148. The monoisotopic (exact) mass is 226 g/mol. The topological polar surface area (TPSA) is 0 Å². The molecule has 0 aromatic rings. The van der Waals surface area contributed by atoms with Gasteiger partial charge in [0.2, 0.25) is 0 Å². The van der Waals surface area contributed by atoms with Gasteiger partial charge in [-0.25, -0.2) is 0 Å². The lowest BCUT2D eigenvalue weighted by Crippen LogP contribution is -2.25. The Morgan fingerprint density at radius 2 is 1.31 bits per heavy atom. The quantitative estimate of drug-likeness (QED) is 0.429. The van der Waals surface area contributed by atoms with Crippen LogP contribution in [-0.4, -0.2) is 0 Å². The van der Waals surface area contributed by atoms with E-state index in [-0.39, 0.29) is 0 Å². The average Bonchev–Trinajstić information content (AvgIpc) is 2.25. The Balaban J connectivity index is 4.22.